The highest BCUT2D eigenvalue weighted by Gasteiger charge is 2.13. The van der Waals surface area contributed by atoms with Crippen molar-refractivity contribution in [2.45, 2.75) is 17.1 Å². The van der Waals surface area contributed by atoms with E-state index < -0.39 is 5.76 Å². The van der Waals surface area contributed by atoms with Crippen LogP contribution in [-0.2, 0) is 6.42 Å². The number of pyridine rings is 1. The van der Waals surface area contributed by atoms with Crippen molar-refractivity contribution in [2.75, 3.05) is 5.32 Å². The van der Waals surface area contributed by atoms with E-state index >= 15 is 0 Å². The second-order valence-electron chi connectivity index (χ2n) is 5.13. The third-order valence-corrected chi connectivity index (χ3v) is 5.24. The number of aromatic nitrogens is 2. The number of hydrogen-bond acceptors (Lipinski definition) is 5. The summed E-state index contributed by atoms with van der Waals surface area (Å²) in [4.78, 5) is 21.7. The Bertz CT molecular complexity index is 903. The van der Waals surface area contributed by atoms with E-state index in [0.717, 1.165) is 10.4 Å². The number of rotatable bonds is 6. The van der Waals surface area contributed by atoms with Crippen LogP contribution in [0.15, 0.2) is 53.7 Å². The summed E-state index contributed by atoms with van der Waals surface area (Å²) in [6, 6.07) is 10.2. The van der Waals surface area contributed by atoms with Crippen LogP contribution in [0.3, 0.4) is 0 Å². The van der Waals surface area contributed by atoms with E-state index in [-0.39, 0.29) is 16.6 Å². The second-order valence-corrected chi connectivity index (χ2v) is 7.66. The van der Waals surface area contributed by atoms with Crippen molar-refractivity contribution in [1.82, 2.24) is 9.97 Å². The summed E-state index contributed by atoms with van der Waals surface area (Å²) in [6.07, 6.45) is 3.78. The van der Waals surface area contributed by atoms with Crippen LogP contribution in [0.25, 0.3) is 0 Å². The molecule has 0 aliphatic carbocycles. The van der Waals surface area contributed by atoms with Crippen LogP contribution in [0.5, 0.6) is 0 Å². The van der Waals surface area contributed by atoms with E-state index in [0.29, 0.717) is 28.2 Å². The van der Waals surface area contributed by atoms with Crippen molar-refractivity contribution in [3.63, 3.8) is 0 Å². The van der Waals surface area contributed by atoms with E-state index in [1.807, 2.05) is 0 Å². The van der Waals surface area contributed by atoms with Crippen LogP contribution < -0.4 is 5.32 Å². The highest BCUT2D eigenvalue weighted by Crippen LogP contribution is 2.27. The van der Waals surface area contributed by atoms with Gasteiger partial charge in [0.15, 0.2) is 5.13 Å². The van der Waals surface area contributed by atoms with Crippen LogP contribution >= 0.6 is 34.7 Å². The van der Waals surface area contributed by atoms with Gasteiger partial charge in [-0.1, -0.05) is 35.5 Å². The number of thiazole rings is 1. The zero-order valence-electron chi connectivity index (χ0n) is 13.2. The van der Waals surface area contributed by atoms with Crippen molar-refractivity contribution in [3.8, 4) is 0 Å². The minimum absolute atomic E-state index is 0.128. The molecule has 1 amide bonds. The molecule has 0 saturated carbocycles. The normalized spacial score (nSPS) is 10.9. The first kappa shape index (κ1) is 18.8. The first-order chi connectivity index (χ1) is 12.5. The van der Waals surface area contributed by atoms with Gasteiger partial charge in [0, 0.05) is 28.6 Å². The zero-order valence-corrected chi connectivity index (χ0v) is 15.5. The molecule has 1 aromatic carbocycles. The number of thioether (sulfide) groups is 1. The first-order valence-corrected chi connectivity index (χ1v) is 9.49. The SMILES string of the molecule is O=C(Nc1ncc(Cc2ccc(SC(F)F)cc2)s1)c1cccnc1Cl. The number of nitrogens with zero attached hydrogens (tertiary/aromatic N) is 2. The fourth-order valence-corrected chi connectivity index (χ4v) is 3.70. The van der Waals surface area contributed by atoms with Crippen LogP contribution in [0.1, 0.15) is 20.8 Å². The number of alkyl halides is 2. The summed E-state index contributed by atoms with van der Waals surface area (Å²) in [5, 5.41) is 3.28. The summed E-state index contributed by atoms with van der Waals surface area (Å²) >= 11 is 7.76. The Labute approximate surface area is 161 Å². The van der Waals surface area contributed by atoms with Gasteiger partial charge in [-0.2, -0.15) is 8.78 Å². The van der Waals surface area contributed by atoms with Crippen LogP contribution in [0.4, 0.5) is 13.9 Å². The van der Waals surface area contributed by atoms with Crippen molar-refractivity contribution in [1.29, 1.82) is 0 Å². The van der Waals surface area contributed by atoms with Gasteiger partial charge < -0.3 is 0 Å². The van der Waals surface area contributed by atoms with Gasteiger partial charge in [-0.15, -0.1) is 11.3 Å². The van der Waals surface area contributed by atoms with Gasteiger partial charge >= 0.3 is 0 Å². The topological polar surface area (TPSA) is 54.9 Å². The Kier molecular flexibility index (Phi) is 6.18. The molecule has 2 heterocycles. The van der Waals surface area contributed by atoms with Gasteiger partial charge in [0.2, 0.25) is 0 Å². The summed E-state index contributed by atoms with van der Waals surface area (Å²) in [6.45, 7) is 0. The van der Waals surface area contributed by atoms with Gasteiger partial charge in [0.25, 0.3) is 11.7 Å². The van der Waals surface area contributed by atoms with Crippen molar-refractivity contribution in [3.05, 3.63) is 69.9 Å². The molecule has 4 nitrogen and oxygen atoms in total. The molecule has 0 radical (unpaired) electrons. The summed E-state index contributed by atoms with van der Waals surface area (Å²) < 4.78 is 24.7. The average Bonchev–Trinajstić information content (AvgIpc) is 3.03. The van der Waals surface area contributed by atoms with Gasteiger partial charge in [0.1, 0.15) is 5.15 Å². The number of carbonyl (C=O) groups excluding carboxylic acids is 1. The van der Waals surface area contributed by atoms with Gasteiger partial charge in [0.05, 0.1) is 5.56 Å². The molecule has 3 rings (SSSR count). The highest BCUT2D eigenvalue weighted by molar-refractivity contribution is 7.99. The first-order valence-electron chi connectivity index (χ1n) is 7.41. The summed E-state index contributed by atoms with van der Waals surface area (Å²) in [7, 11) is 0. The van der Waals surface area contributed by atoms with Gasteiger partial charge in [-0.3, -0.25) is 10.1 Å². The predicted octanol–water partition coefficient (Wildman–Crippen LogP) is 5.35. The molecule has 134 valence electrons. The van der Waals surface area contributed by atoms with Crippen molar-refractivity contribution in [2.24, 2.45) is 0 Å². The number of nitrogens with one attached hydrogen (secondary N) is 1. The minimum Gasteiger partial charge on any atom is -0.298 e. The van der Waals surface area contributed by atoms with Crippen LogP contribution in [0, 0.1) is 0 Å². The summed E-state index contributed by atoms with van der Waals surface area (Å²) in [5.41, 5.74) is 1.25. The van der Waals surface area contributed by atoms with E-state index in [1.165, 1.54) is 17.5 Å². The standard InChI is InChI=1S/C17H12ClF2N3OS2/c18-14-13(2-1-7-21-14)15(24)23-17-22-9-12(26-17)8-10-3-5-11(6-4-10)25-16(19)20/h1-7,9,16H,8H2,(H,22,23,24). The number of carbonyl (C=O) groups is 1. The largest absolute Gasteiger partial charge is 0.298 e. The molecule has 0 bridgehead atoms. The molecular weight excluding hydrogens is 400 g/mol. The number of anilines is 1. The molecule has 0 aliphatic heterocycles. The molecule has 26 heavy (non-hydrogen) atoms. The maximum atomic E-state index is 12.3. The fourth-order valence-electron chi connectivity index (χ4n) is 2.16. The lowest BCUT2D eigenvalue weighted by Crippen LogP contribution is -2.12. The summed E-state index contributed by atoms with van der Waals surface area (Å²) in [5.74, 6) is -2.81. The molecule has 0 aliphatic rings. The van der Waals surface area contributed by atoms with Crippen LogP contribution in [0.2, 0.25) is 5.15 Å². The van der Waals surface area contributed by atoms with Crippen molar-refractivity contribution < 1.29 is 13.6 Å². The number of amides is 1. The Balaban J connectivity index is 1.63. The van der Waals surface area contributed by atoms with E-state index in [9.17, 15) is 13.6 Å². The molecule has 9 heteroatoms. The third kappa shape index (κ3) is 5.00. The lowest BCUT2D eigenvalue weighted by molar-refractivity contribution is 0.102. The smallest absolute Gasteiger partial charge is 0.288 e. The Morgan fingerprint density at radius 2 is 2.00 bits per heavy atom. The molecule has 2 aromatic heterocycles. The van der Waals surface area contributed by atoms with Gasteiger partial charge in [-0.05, 0) is 29.8 Å². The fraction of sp³-hybridized carbons (Fsp3) is 0.118. The molecule has 0 fully saturated rings. The monoisotopic (exact) mass is 411 g/mol. The highest BCUT2D eigenvalue weighted by atomic mass is 35.5. The Hall–Kier alpha value is -2.03. The molecular formula is C17H12ClF2N3OS2. The predicted molar refractivity (Wildman–Crippen MR) is 100 cm³/mol. The van der Waals surface area contributed by atoms with E-state index in [4.69, 9.17) is 11.6 Å². The molecule has 0 atom stereocenters. The number of benzene rings is 1. The average molecular weight is 412 g/mol. The van der Waals surface area contributed by atoms with E-state index in [2.05, 4.69) is 15.3 Å². The molecule has 1 N–H and O–H groups in total. The Morgan fingerprint density at radius 1 is 1.23 bits per heavy atom. The maximum absolute atomic E-state index is 12.3. The molecule has 0 unspecified atom stereocenters. The zero-order chi connectivity index (χ0) is 18.5. The molecule has 3 aromatic rings. The lowest BCUT2D eigenvalue weighted by Gasteiger charge is -2.03. The van der Waals surface area contributed by atoms with Crippen molar-refractivity contribution >= 4 is 45.7 Å². The second kappa shape index (κ2) is 8.57. The number of halogens is 3. The molecule has 0 spiro atoms. The Morgan fingerprint density at radius 3 is 2.69 bits per heavy atom. The van der Waals surface area contributed by atoms with E-state index in [1.54, 1.807) is 42.6 Å². The minimum atomic E-state index is -2.43. The quantitative estimate of drug-likeness (QED) is 0.439. The lowest BCUT2D eigenvalue weighted by atomic mass is 10.1. The third-order valence-electron chi connectivity index (χ3n) is 3.30. The number of hydrogen-bond donors (Lipinski definition) is 1. The molecule has 0 saturated heterocycles. The van der Waals surface area contributed by atoms with Gasteiger partial charge in [-0.25, -0.2) is 9.97 Å². The maximum Gasteiger partial charge on any atom is 0.288 e. The van der Waals surface area contributed by atoms with Crippen LogP contribution in [-0.4, -0.2) is 21.6 Å².